The normalized spacial score (nSPS) is 18.2. The quantitative estimate of drug-likeness (QED) is 0.231. The highest BCUT2D eigenvalue weighted by molar-refractivity contribution is 6.02. The molecule has 0 saturated carbocycles. The molecule has 1 aliphatic rings. The molecule has 2 atom stereocenters. The second-order valence-electron chi connectivity index (χ2n) is 10.7. The van der Waals surface area contributed by atoms with Crippen molar-refractivity contribution in [3.05, 3.63) is 120 Å². The lowest BCUT2D eigenvalue weighted by atomic mass is 9.76. The summed E-state index contributed by atoms with van der Waals surface area (Å²) in [6.45, 7) is 6.12. The molecule has 3 aromatic rings. The summed E-state index contributed by atoms with van der Waals surface area (Å²) in [6.07, 6.45) is 4.92. The number of carbonyl (C=O) groups excluding carboxylic acids is 2. The Morgan fingerprint density at radius 2 is 1.45 bits per heavy atom. The van der Waals surface area contributed by atoms with Gasteiger partial charge in [0.05, 0.1) is 0 Å². The van der Waals surface area contributed by atoms with E-state index in [0.29, 0.717) is 18.7 Å². The fraction of sp³-hybridized carbons (Fsp3) is 0.303. The molecular weight excluding hydrogens is 474 g/mol. The van der Waals surface area contributed by atoms with Gasteiger partial charge in [-0.3, -0.25) is 0 Å². The summed E-state index contributed by atoms with van der Waals surface area (Å²) in [6, 6.07) is 29.5. The standard InChI is InChI=1S/C33H35NO4/c1-32(2,3)30-34-33(31(36)38-30,23-26-15-9-5-10-16-26)28(20-19-25-13-7-4-8-14-25)21-22-29(35)37-24-27-17-11-6-12-18-27/h4-18,21-22,28H,19-20,23-24H2,1-3H3/b22-21+. The van der Waals surface area contributed by atoms with Gasteiger partial charge in [-0.2, -0.15) is 0 Å². The first-order chi connectivity index (χ1) is 18.3. The van der Waals surface area contributed by atoms with Gasteiger partial charge in [0.2, 0.25) is 0 Å². The van der Waals surface area contributed by atoms with Crippen molar-refractivity contribution in [3.8, 4) is 0 Å². The van der Waals surface area contributed by atoms with Gasteiger partial charge < -0.3 is 9.47 Å². The number of hydrogen-bond donors (Lipinski definition) is 0. The van der Waals surface area contributed by atoms with E-state index in [1.54, 1.807) is 6.08 Å². The van der Waals surface area contributed by atoms with Gasteiger partial charge in [0, 0.05) is 23.8 Å². The minimum Gasteiger partial charge on any atom is -0.458 e. The Labute approximate surface area is 225 Å². The summed E-state index contributed by atoms with van der Waals surface area (Å²) in [5.41, 5.74) is 1.42. The van der Waals surface area contributed by atoms with E-state index in [4.69, 9.17) is 14.5 Å². The van der Waals surface area contributed by atoms with Crippen molar-refractivity contribution in [1.29, 1.82) is 0 Å². The highest BCUT2D eigenvalue weighted by Gasteiger charge is 2.52. The fourth-order valence-corrected chi connectivity index (χ4v) is 4.56. The Hall–Kier alpha value is -3.99. The molecule has 4 rings (SSSR count). The number of aryl methyl sites for hydroxylation is 1. The smallest absolute Gasteiger partial charge is 0.341 e. The van der Waals surface area contributed by atoms with Crippen LogP contribution in [0.1, 0.15) is 43.9 Å². The summed E-state index contributed by atoms with van der Waals surface area (Å²) in [5, 5.41) is 0. The van der Waals surface area contributed by atoms with Crippen molar-refractivity contribution in [2.75, 3.05) is 0 Å². The molecule has 0 bridgehead atoms. The molecule has 5 heteroatoms. The molecule has 0 aromatic heterocycles. The van der Waals surface area contributed by atoms with E-state index in [1.807, 2.05) is 99.6 Å². The Bertz CT molecular complexity index is 1280. The largest absolute Gasteiger partial charge is 0.458 e. The van der Waals surface area contributed by atoms with Crippen LogP contribution in [0.25, 0.3) is 0 Å². The van der Waals surface area contributed by atoms with Crippen LogP contribution in [0.5, 0.6) is 0 Å². The third-order valence-corrected chi connectivity index (χ3v) is 6.69. The molecule has 1 heterocycles. The number of rotatable bonds is 10. The van der Waals surface area contributed by atoms with Gasteiger partial charge in [0.1, 0.15) is 6.61 Å². The zero-order valence-corrected chi connectivity index (χ0v) is 22.3. The molecule has 0 N–H and O–H groups in total. The van der Waals surface area contributed by atoms with Gasteiger partial charge in [-0.1, -0.05) is 118 Å². The molecule has 2 unspecified atom stereocenters. The molecule has 1 aliphatic heterocycles. The van der Waals surface area contributed by atoms with E-state index < -0.39 is 16.9 Å². The number of hydrogen-bond acceptors (Lipinski definition) is 5. The van der Waals surface area contributed by atoms with Crippen molar-refractivity contribution in [2.24, 2.45) is 16.3 Å². The van der Waals surface area contributed by atoms with Crippen LogP contribution in [0.2, 0.25) is 0 Å². The van der Waals surface area contributed by atoms with Crippen LogP contribution in [0.15, 0.2) is 108 Å². The maximum Gasteiger partial charge on any atom is 0.341 e. The predicted octanol–water partition coefficient (Wildman–Crippen LogP) is 6.52. The minimum absolute atomic E-state index is 0.183. The SMILES string of the molecule is CC(C)(C)C1=NC(Cc2ccccc2)(C(/C=C/C(=O)OCc2ccccc2)CCc2ccccc2)C(=O)O1. The lowest BCUT2D eigenvalue weighted by Crippen LogP contribution is -2.43. The molecule has 38 heavy (non-hydrogen) atoms. The second-order valence-corrected chi connectivity index (χ2v) is 10.7. The first kappa shape index (κ1) is 27.1. The summed E-state index contributed by atoms with van der Waals surface area (Å²) in [7, 11) is 0. The van der Waals surface area contributed by atoms with Gasteiger partial charge >= 0.3 is 11.9 Å². The average Bonchev–Trinajstić information content (AvgIpc) is 3.26. The van der Waals surface area contributed by atoms with Crippen LogP contribution in [-0.4, -0.2) is 23.4 Å². The van der Waals surface area contributed by atoms with Gasteiger partial charge in [-0.15, -0.1) is 0 Å². The Morgan fingerprint density at radius 1 is 0.895 bits per heavy atom. The van der Waals surface area contributed by atoms with Crippen molar-refractivity contribution >= 4 is 17.8 Å². The Morgan fingerprint density at radius 3 is 2.00 bits per heavy atom. The molecule has 0 amide bonds. The van der Waals surface area contributed by atoms with E-state index in [0.717, 1.165) is 23.1 Å². The number of carbonyl (C=O) groups is 2. The maximum atomic E-state index is 13.7. The number of esters is 2. The zero-order chi connectivity index (χ0) is 27.0. The van der Waals surface area contributed by atoms with Crippen molar-refractivity contribution < 1.29 is 19.1 Å². The first-order valence-corrected chi connectivity index (χ1v) is 13.1. The van der Waals surface area contributed by atoms with E-state index in [9.17, 15) is 9.59 Å². The number of aliphatic imine (C=N–C) groups is 1. The third-order valence-electron chi connectivity index (χ3n) is 6.69. The topological polar surface area (TPSA) is 65.0 Å². The molecule has 5 nitrogen and oxygen atoms in total. The van der Waals surface area contributed by atoms with Gasteiger partial charge in [0.15, 0.2) is 11.4 Å². The molecule has 0 radical (unpaired) electrons. The average molecular weight is 510 g/mol. The summed E-state index contributed by atoms with van der Waals surface area (Å²) < 4.78 is 11.3. The number of ether oxygens (including phenoxy) is 2. The van der Waals surface area contributed by atoms with Gasteiger partial charge in [0.25, 0.3) is 0 Å². The van der Waals surface area contributed by atoms with Crippen molar-refractivity contribution in [3.63, 3.8) is 0 Å². The second kappa shape index (κ2) is 12.0. The Kier molecular flexibility index (Phi) is 8.57. The number of cyclic esters (lactones) is 1. The molecule has 3 aromatic carbocycles. The van der Waals surface area contributed by atoms with E-state index in [1.165, 1.54) is 6.08 Å². The highest BCUT2D eigenvalue weighted by atomic mass is 16.6. The summed E-state index contributed by atoms with van der Waals surface area (Å²) >= 11 is 0. The molecule has 0 fully saturated rings. The van der Waals surface area contributed by atoms with Gasteiger partial charge in [-0.25, -0.2) is 14.6 Å². The molecule has 0 aliphatic carbocycles. The fourth-order valence-electron chi connectivity index (χ4n) is 4.56. The summed E-state index contributed by atoms with van der Waals surface area (Å²) in [5.74, 6) is -0.811. The van der Waals surface area contributed by atoms with Crippen LogP contribution >= 0.6 is 0 Å². The van der Waals surface area contributed by atoms with E-state index in [2.05, 4.69) is 12.1 Å². The Balaban J connectivity index is 1.66. The highest BCUT2D eigenvalue weighted by Crippen LogP contribution is 2.39. The number of nitrogens with zero attached hydrogens (tertiary/aromatic N) is 1. The predicted molar refractivity (Wildman–Crippen MR) is 149 cm³/mol. The number of benzene rings is 3. The minimum atomic E-state index is -1.19. The third kappa shape index (κ3) is 6.86. The molecular formula is C33H35NO4. The zero-order valence-electron chi connectivity index (χ0n) is 22.3. The molecule has 0 spiro atoms. The van der Waals surface area contributed by atoms with Crippen molar-refractivity contribution in [1.82, 2.24) is 0 Å². The lowest BCUT2D eigenvalue weighted by Gasteiger charge is -2.30. The van der Waals surface area contributed by atoms with E-state index >= 15 is 0 Å². The molecule has 196 valence electrons. The van der Waals surface area contributed by atoms with Crippen LogP contribution in [-0.2, 0) is 38.5 Å². The van der Waals surface area contributed by atoms with Crippen LogP contribution < -0.4 is 0 Å². The van der Waals surface area contributed by atoms with E-state index in [-0.39, 0.29) is 18.5 Å². The molecule has 0 saturated heterocycles. The van der Waals surface area contributed by atoms with Gasteiger partial charge in [-0.05, 0) is 29.5 Å². The van der Waals surface area contributed by atoms with Crippen LogP contribution in [0.3, 0.4) is 0 Å². The van der Waals surface area contributed by atoms with Crippen molar-refractivity contribution in [2.45, 2.75) is 52.2 Å². The monoisotopic (exact) mass is 509 g/mol. The first-order valence-electron chi connectivity index (χ1n) is 13.1. The maximum absolute atomic E-state index is 13.7. The van der Waals surface area contributed by atoms with Crippen LogP contribution in [0.4, 0.5) is 0 Å². The summed E-state index contributed by atoms with van der Waals surface area (Å²) in [4.78, 5) is 31.4. The lowest BCUT2D eigenvalue weighted by molar-refractivity contribution is -0.141. The van der Waals surface area contributed by atoms with Crippen LogP contribution in [0, 0.1) is 11.3 Å².